The number of carbonyl (C=O) groups excluding carboxylic acids is 2. The van der Waals surface area contributed by atoms with Crippen molar-refractivity contribution in [2.75, 3.05) is 0 Å². The van der Waals surface area contributed by atoms with Crippen LogP contribution in [0.2, 0.25) is 0 Å². The van der Waals surface area contributed by atoms with E-state index in [1.807, 2.05) is 24.3 Å². The highest BCUT2D eigenvalue weighted by atomic mass is 32.2. The maximum Gasteiger partial charge on any atom is 0.326 e. The average molecular weight is 478 g/mol. The van der Waals surface area contributed by atoms with Crippen molar-refractivity contribution in [1.82, 2.24) is 15.3 Å². The van der Waals surface area contributed by atoms with Crippen LogP contribution in [0.25, 0.3) is 11.1 Å². The number of hydrogen-bond donors (Lipinski definition) is 4. The molecule has 1 amide bonds. The number of thiol groups is 1. The van der Waals surface area contributed by atoms with Gasteiger partial charge in [-0.3, -0.25) is 9.59 Å². The Morgan fingerprint density at radius 1 is 1.09 bits per heavy atom. The number of nitrogens with one attached hydrogen (secondary N) is 2. The quantitative estimate of drug-likeness (QED) is 0.306. The Morgan fingerprint density at radius 3 is 2.36 bits per heavy atom. The fourth-order valence-corrected chi connectivity index (χ4v) is 5.02. The fraction of sp³-hybridized carbons (Fsp3) is 0.0833. The molecule has 4 rings (SSSR count). The van der Waals surface area contributed by atoms with Crippen molar-refractivity contribution in [2.24, 2.45) is 0 Å². The summed E-state index contributed by atoms with van der Waals surface area (Å²) in [7, 11) is 0. The first-order valence-electron chi connectivity index (χ1n) is 9.97. The molecule has 0 fully saturated rings. The third-order valence-corrected chi connectivity index (χ3v) is 6.61. The molecule has 2 heterocycles. The number of imidazole rings is 1. The summed E-state index contributed by atoms with van der Waals surface area (Å²) in [5, 5.41) is 12.0. The lowest BCUT2D eigenvalue weighted by atomic mass is 10.0. The lowest BCUT2D eigenvalue weighted by Crippen LogP contribution is -2.42. The average Bonchev–Trinajstić information content (AvgIpc) is 3.42. The molecule has 0 radical (unpaired) electrons. The van der Waals surface area contributed by atoms with Crippen molar-refractivity contribution in [3.05, 3.63) is 99.8 Å². The van der Waals surface area contributed by atoms with Crippen molar-refractivity contribution >= 4 is 52.5 Å². The Morgan fingerprint density at radius 2 is 1.76 bits per heavy atom. The van der Waals surface area contributed by atoms with Gasteiger partial charge < -0.3 is 15.4 Å². The number of rotatable bonds is 7. The van der Waals surface area contributed by atoms with Gasteiger partial charge in [0.2, 0.25) is 5.12 Å². The molecule has 1 aromatic heterocycles. The highest BCUT2D eigenvalue weighted by molar-refractivity contribution is 8.20. The third-order valence-electron chi connectivity index (χ3n) is 5.01. The van der Waals surface area contributed by atoms with Crippen LogP contribution in [0.3, 0.4) is 0 Å². The molecule has 1 aliphatic rings. The second-order valence-corrected chi connectivity index (χ2v) is 8.62. The maximum absolute atomic E-state index is 13.4. The van der Waals surface area contributed by atoms with Crippen LogP contribution in [-0.2, 0) is 20.8 Å². The highest BCUT2D eigenvalue weighted by Gasteiger charge is 2.33. The molecular weight excluding hydrogens is 458 g/mol. The van der Waals surface area contributed by atoms with E-state index in [0.717, 1.165) is 11.8 Å². The molecule has 0 saturated carbocycles. The Hall–Kier alpha value is -3.56. The predicted molar refractivity (Wildman–Crippen MR) is 130 cm³/mol. The number of benzene rings is 2. The first-order chi connectivity index (χ1) is 16.0. The molecule has 2 aromatic carbocycles. The summed E-state index contributed by atoms with van der Waals surface area (Å²) >= 11 is 5.53. The molecule has 33 heavy (non-hydrogen) atoms. The number of carboxylic acids is 1. The van der Waals surface area contributed by atoms with E-state index in [1.165, 1.54) is 12.5 Å². The second-order valence-electron chi connectivity index (χ2n) is 7.19. The molecule has 0 spiro atoms. The SMILES string of the molecule is O=C1S/C(=C(/C(=O)NC(Cc2cnc[nH]2)C(=O)O)c2ccccc2)C(S)=C1c1ccccc1. The highest BCUT2D eigenvalue weighted by Crippen LogP contribution is 2.47. The van der Waals surface area contributed by atoms with Crippen molar-refractivity contribution in [3.8, 4) is 0 Å². The zero-order valence-electron chi connectivity index (χ0n) is 17.2. The lowest BCUT2D eigenvalue weighted by Gasteiger charge is -2.17. The van der Waals surface area contributed by atoms with Gasteiger partial charge in [-0.05, 0) is 22.9 Å². The number of H-pyrrole nitrogens is 1. The van der Waals surface area contributed by atoms with Crippen LogP contribution in [-0.4, -0.2) is 38.1 Å². The summed E-state index contributed by atoms with van der Waals surface area (Å²) in [6.45, 7) is 0. The van der Waals surface area contributed by atoms with Gasteiger partial charge in [0.15, 0.2) is 0 Å². The molecule has 0 aliphatic carbocycles. The van der Waals surface area contributed by atoms with E-state index in [2.05, 4.69) is 27.9 Å². The van der Waals surface area contributed by atoms with Gasteiger partial charge in [0, 0.05) is 28.1 Å². The molecule has 1 atom stereocenters. The van der Waals surface area contributed by atoms with E-state index in [9.17, 15) is 19.5 Å². The van der Waals surface area contributed by atoms with Crippen molar-refractivity contribution < 1.29 is 19.5 Å². The van der Waals surface area contributed by atoms with E-state index in [4.69, 9.17) is 0 Å². The monoisotopic (exact) mass is 477 g/mol. The number of thioether (sulfide) groups is 1. The van der Waals surface area contributed by atoms with E-state index < -0.39 is 17.9 Å². The number of hydrogen-bond acceptors (Lipinski definition) is 6. The van der Waals surface area contributed by atoms with Crippen molar-refractivity contribution in [1.29, 1.82) is 0 Å². The Labute approximate surface area is 199 Å². The summed E-state index contributed by atoms with van der Waals surface area (Å²) in [5.41, 5.74) is 2.43. The zero-order valence-corrected chi connectivity index (χ0v) is 18.9. The van der Waals surface area contributed by atoms with Crippen LogP contribution >= 0.6 is 24.4 Å². The van der Waals surface area contributed by atoms with Crippen LogP contribution < -0.4 is 5.32 Å². The molecule has 1 unspecified atom stereocenters. The molecular formula is C24H19N3O4S2. The fourth-order valence-electron chi connectivity index (χ4n) is 3.45. The van der Waals surface area contributed by atoms with Gasteiger partial charge in [0.05, 0.1) is 17.5 Å². The summed E-state index contributed by atoms with van der Waals surface area (Å²) in [6, 6.07) is 16.7. The van der Waals surface area contributed by atoms with E-state index in [0.29, 0.717) is 32.2 Å². The number of aliphatic carboxylic acids is 1. The van der Waals surface area contributed by atoms with Crippen molar-refractivity contribution in [2.45, 2.75) is 12.5 Å². The van der Waals surface area contributed by atoms with Gasteiger partial charge >= 0.3 is 5.97 Å². The minimum absolute atomic E-state index is 0.0311. The first kappa shape index (κ1) is 22.6. The lowest BCUT2D eigenvalue weighted by molar-refractivity contribution is -0.141. The van der Waals surface area contributed by atoms with Crippen LogP contribution in [0, 0.1) is 0 Å². The Bertz CT molecular complexity index is 1250. The molecule has 1 aliphatic heterocycles. The standard InChI is InChI=1S/C24H19N3O4S2/c28-22(27-17(23(29)30)11-16-12-25-13-26-16)19(15-9-5-2-6-10-15)21-20(32)18(24(31)33-21)14-7-3-1-4-8-14/h1-10,12-13,17,32H,11H2,(H,25,26)(H,27,28)(H,29,30)/b21-19+. The maximum atomic E-state index is 13.4. The van der Waals surface area contributed by atoms with Gasteiger partial charge in [-0.1, -0.05) is 60.7 Å². The van der Waals surface area contributed by atoms with E-state index in [-0.39, 0.29) is 17.1 Å². The normalized spacial score (nSPS) is 16.0. The largest absolute Gasteiger partial charge is 0.480 e. The molecule has 3 N–H and O–H groups in total. The number of aromatic nitrogens is 2. The smallest absolute Gasteiger partial charge is 0.326 e. The third kappa shape index (κ3) is 4.94. The van der Waals surface area contributed by atoms with Crippen LogP contribution in [0.5, 0.6) is 0 Å². The number of nitrogens with zero attached hydrogens (tertiary/aromatic N) is 1. The number of carboxylic acid groups (broad SMARTS) is 1. The summed E-state index contributed by atoms with van der Waals surface area (Å²) in [6.07, 6.45) is 2.98. The van der Waals surface area contributed by atoms with Crippen LogP contribution in [0.4, 0.5) is 0 Å². The minimum Gasteiger partial charge on any atom is -0.480 e. The van der Waals surface area contributed by atoms with Gasteiger partial charge in [0.25, 0.3) is 5.91 Å². The molecule has 7 nitrogen and oxygen atoms in total. The minimum atomic E-state index is -1.19. The van der Waals surface area contributed by atoms with Crippen LogP contribution in [0.15, 0.2) is 83.0 Å². The summed E-state index contributed by atoms with van der Waals surface area (Å²) < 4.78 is 0. The van der Waals surface area contributed by atoms with Gasteiger partial charge in [-0.2, -0.15) is 0 Å². The van der Waals surface area contributed by atoms with Gasteiger partial charge in [0.1, 0.15) is 6.04 Å². The second kappa shape index (κ2) is 9.93. The molecule has 0 bridgehead atoms. The summed E-state index contributed by atoms with van der Waals surface area (Å²) in [5.74, 6) is -1.79. The van der Waals surface area contributed by atoms with E-state index in [1.54, 1.807) is 36.4 Å². The van der Waals surface area contributed by atoms with Crippen molar-refractivity contribution in [3.63, 3.8) is 0 Å². The predicted octanol–water partition coefficient (Wildman–Crippen LogP) is 3.55. The molecule has 166 valence electrons. The topological polar surface area (TPSA) is 112 Å². The number of amides is 1. The Kier molecular flexibility index (Phi) is 6.81. The molecule has 0 saturated heterocycles. The molecule has 9 heteroatoms. The van der Waals surface area contributed by atoms with E-state index >= 15 is 0 Å². The number of aromatic amines is 1. The number of carbonyl (C=O) groups is 3. The van der Waals surface area contributed by atoms with Gasteiger partial charge in [-0.25, -0.2) is 9.78 Å². The van der Waals surface area contributed by atoms with Gasteiger partial charge in [-0.15, -0.1) is 12.6 Å². The Balaban J connectivity index is 1.77. The summed E-state index contributed by atoms with van der Waals surface area (Å²) in [4.78, 5) is 45.7. The zero-order chi connectivity index (χ0) is 23.4. The molecule has 3 aromatic rings. The van der Waals surface area contributed by atoms with Crippen LogP contribution in [0.1, 0.15) is 16.8 Å². The first-order valence-corrected chi connectivity index (χ1v) is 11.2.